The minimum atomic E-state index is -0.753. The van der Waals surface area contributed by atoms with Gasteiger partial charge < -0.3 is 24.1 Å². The number of fused-ring (bicyclic) bond motifs is 1. The lowest BCUT2D eigenvalue weighted by atomic mass is 10.1. The van der Waals surface area contributed by atoms with Gasteiger partial charge in [0, 0.05) is 28.2 Å². The smallest absolute Gasteiger partial charge is 0.325 e. The van der Waals surface area contributed by atoms with Crippen LogP contribution in [0.3, 0.4) is 0 Å². The Balaban J connectivity index is 1.33. The minimum Gasteiger partial charge on any atom is -0.456 e. The van der Waals surface area contributed by atoms with Crippen LogP contribution in [-0.2, 0) is 9.53 Å². The van der Waals surface area contributed by atoms with Crippen LogP contribution in [0.4, 0.5) is 4.39 Å². The first-order valence-corrected chi connectivity index (χ1v) is 10.1. The van der Waals surface area contributed by atoms with Gasteiger partial charge in [-0.05, 0) is 56.3 Å². The molecule has 0 fully saturated rings. The molecule has 0 bridgehead atoms. The van der Waals surface area contributed by atoms with Crippen LogP contribution in [0.1, 0.15) is 32.1 Å². The number of amides is 1. The van der Waals surface area contributed by atoms with Gasteiger partial charge in [0.2, 0.25) is 12.6 Å². The first-order valence-electron chi connectivity index (χ1n) is 10.1. The number of ketones is 1. The molecule has 1 N–H and O–H groups in total. The second-order valence-corrected chi connectivity index (χ2v) is 7.43. The molecule has 3 aromatic rings. The van der Waals surface area contributed by atoms with Crippen molar-refractivity contribution < 1.29 is 33.0 Å². The van der Waals surface area contributed by atoms with Crippen LogP contribution in [0.25, 0.3) is 5.69 Å². The van der Waals surface area contributed by atoms with Crippen LogP contribution in [0.2, 0.25) is 0 Å². The van der Waals surface area contributed by atoms with E-state index in [1.54, 1.807) is 48.7 Å². The first-order chi connectivity index (χ1) is 15.8. The maximum absolute atomic E-state index is 13.6. The highest BCUT2D eigenvalue weighted by molar-refractivity contribution is 6.00. The number of aryl methyl sites for hydroxylation is 1. The van der Waals surface area contributed by atoms with E-state index in [1.165, 1.54) is 18.2 Å². The normalized spacial score (nSPS) is 11.8. The van der Waals surface area contributed by atoms with Crippen molar-refractivity contribution in [2.24, 2.45) is 0 Å². The fourth-order valence-corrected chi connectivity index (χ4v) is 3.62. The van der Waals surface area contributed by atoms with Gasteiger partial charge >= 0.3 is 5.97 Å². The fourth-order valence-electron chi connectivity index (χ4n) is 3.62. The fraction of sp³-hybridized carbons (Fsp3) is 0.208. The number of hydrogen-bond donors (Lipinski definition) is 1. The number of hydrogen-bond acceptors (Lipinski definition) is 6. The summed E-state index contributed by atoms with van der Waals surface area (Å²) in [7, 11) is 0. The Bertz CT molecular complexity index is 1250. The molecule has 33 heavy (non-hydrogen) atoms. The van der Waals surface area contributed by atoms with Gasteiger partial charge in [-0.3, -0.25) is 14.4 Å². The van der Waals surface area contributed by atoms with Gasteiger partial charge in [-0.15, -0.1) is 0 Å². The summed E-state index contributed by atoms with van der Waals surface area (Å²) < 4.78 is 30.8. The van der Waals surface area contributed by atoms with Crippen molar-refractivity contribution in [1.82, 2.24) is 9.88 Å². The van der Waals surface area contributed by atoms with E-state index >= 15 is 0 Å². The number of carbonyl (C=O) groups excluding carboxylic acids is 3. The molecule has 1 amide bonds. The van der Waals surface area contributed by atoms with Crippen LogP contribution >= 0.6 is 0 Å². The highest BCUT2D eigenvalue weighted by Crippen LogP contribution is 2.32. The lowest BCUT2D eigenvalue weighted by molar-refractivity contribution is -0.141. The molecule has 2 heterocycles. The number of carbonyl (C=O) groups is 3. The maximum Gasteiger partial charge on any atom is 0.325 e. The first kappa shape index (κ1) is 22.1. The molecule has 8 nitrogen and oxygen atoms in total. The zero-order chi connectivity index (χ0) is 23.5. The summed E-state index contributed by atoms with van der Waals surface area (Å²) in [6.07, 6.45) is 0. The van der Waals surface area contributed by atoms with Crippen LogP contribution in [0.15, 0.2) is 48.5 Å². The van der Waals surface area contributed by atoms with Crippen LogP contribution in [-0.4, -0.2) is 42.2 Å². The molecule has 0 radical (unpaired) electrons. The number of aromatic nitrogens is 1. The van der Waals surface area contributed by atoms with Gasteiger partial charge in [0.1, 0.15) is 12.4 Å². The molecule has 2 aromatic carbocycles. The predicted molar refractivity (Wildman–Crippen MR) is 115 cm³/mol. The third-order valence-electron chi connectivity index (χ3n) is 5.19. The summed E-state index contributed by atoms with van der Waals surface area (Å²) in [5, 5.41) is 2.44. The highest BCUT2D eigenvalue weighted by atomic mass is 19.1. The monoisotopic (exact) mass is 452 g/mol. The van der Waals surface area contributed by atoms with Crippen molar-refractivity contribution >= 4 is 17.7 Å². The Labute approximate surface area is 188 Å². The lowest BCUT2D eigenvalue weighted by Gasteiger charge is -2.10. The number of nitrogens with zero attached hydrogens (tertiary/aromatic N) is 1. The van der Waals surface area contributed by atoms with Crippen molar-refractivity contribution in [2.45, 2.75) is 13.8 Å². The second-order valence-electron chi connectivity index (χ2n) is 7.43. The molecule has 1 aliphatic heterocycles. The Morgan fingerprint density at radius 1 is 1.06 bits per heavy atom. The standard InChI is InChI=1S/C24H21FN2O6/c1-14-8-19(15(2)27(14)18-5-3-4-17(25)10-18)20(28)12-31-23(29)11-26-24(30)16-6-7-21-22(9-16)33-13-32-21/h3-10H,11-13H2,1-2H3,(H,26,30). The van der Waals surface area contributed by atoms with Crippen molar-refractivity contribution in [3.63, 3.8) is 0 Å². The molecule has 0 aliphatic carbocycles. The largest absolute Gasteiger partial charge is 0.456 e. The molecule has 9 heteroatoms. The van der Waals surface area contributed by atoms with E-state index in [-0.39, 0.29) is 12.6 Å². The Hall–Kier alpha value is -4.14. The Morgan fingerprint density at radius 2 is 1.85 bits per heavy atom. The predicted octanol–water partition coefficient (Wildman–Crippen LogP) is 3.12. The highest BCUT2D eigenvalue weighted by Gasteiger charge is 2.20. The molecule has 4 rings (SSSR count). The summed E-state index contributed by atoms with van der Waals surface area (Å²) in [6.45, 7) is 2.74. The summed E-state index contributed by atoms with van der Waals surface area (Å²) in [5.41, 5.74) is 2.60. The van der Waals surface area contributed by atoms with Crippen molar-refractivity contribution in [3.8, 4) is 17.2 Å². The van der Waals surface area contributed by atoms with Crippen molar-refractivity contribution in [2.75, 3.05) is 19.9 Å². The zero-order valence-corrected chi connectivity index (χ0v) is 18.0. The molecule has 1 aromatic heterocycles. The lowest BCUT2D eigenvalue weighted by Crippen LogP contribution is -2.31. The second kappa shape index (κ2) is 9.15. The number of halogens is 1. The molecule has 1 aliphatic rings. The summed E-state index contributed by atoms with van der Waals surface area (Å²) in [4.78, 5) is 36.9. The van der Waals surface area contributed by atoms with Gasteiger partial charge in [0.25, 0.3) is 5.91 Å². The van der Waals surface area contributed by atoms with Gasteiger partial charge in [-0.1, -0.05) is 6.07 Å². The minimum absolute atomic E-state index is 0.0887. The van der Waals surface area contributed by atoms with Crippen molar-refractivity contribution in [1.29, 1.82) is 0 Å². The molecular formula is C24H21FN2O6. The average Bonchev–Trinajstić information content (AvgIpc) is 3.38. The molecule has 0 saturated heterocycles. The Morgan fingerprint density at radius 3 is 2.64 bits per heavy atom. The maximum atomic E-state index is 13.6. The third-order valence-corrected chi connectivity index (χ3v) is 5.19. The number of Topliss-reactive ketones (excluding diaryl/α,β-unsaturated/α-hetero) is 1. The van der Waals surface area contributed by atoms with Crippen LogP contribution in [0, 0.1) is 19.7 Å². The SMILES string of the molecule is Cc1cc(C(=O)COC(=O)CNC(=O)c2ccc3c(c2)OCO3)c(C)n1-c1cccc(F)c1. The van der Waals surface area contributed by atoms with Gasteiger partial charge in [-0.25, -0.2) is 4.39 Å². The number of rotatable bonds is 7. The summed E-state index contributed by atoms with van der Waals surface area (Å²) >= 11 is 0. The van der Waals surface area contributed by atoms with Gasteiger partial charge in [0.15, 0.2) is 18.1 Å². The van der Waals surface area contributed by atoms with E-state index in [0.717, 1.165) is 5.69 Å². The van der Waals surface area contributed by atoms with E-state index in [1.807, 2.05) is 0 Å². The quantitative estimate of drug-likeness (QED) is 0.437. The van der Waals surface area contributed by atoms with E-state index in [9.17, 15) is 18.8 Å². The Kier molecular flexibility index (Phi) is 6.12. The van der Waals surface area contributed by atoms with Crippen LogP contribution < -0.4 is 14.8 Å². The third kappa shape index (κ3) is 4.72. The molecule has 170 valence electrons. The number of esters is 1. The summed E-state index contributed by atoms with van der Waals surface area (Å²) in [6, 6.07) is 12.4. The van der Waals surface area contributed by atoms with E-state index in [2.05, 4.69) is 5.32 Å². The van der Waals surface area contributed by atoms with E-state index in [4.69, 9.17) is 14.2 Å². The zero-order valence-electron chi connectivity index (χ0n) is 18.0. The molecule has 0 saturated carbocycles. The summed E-state index contributed by atoms with van der Waals surface area (Å²) in [5.74, 6) is -1.04. The van der Waals surface area contributed by atoms with Crippen molar-refractivity contribution in [3.05, 3.63) is 76.9 Å². The van der Waals surface area contributed by atoms with E-state index in [0.29, 0.717) is 34.0 Å². The topological polar surface area (TPSA) is 95.9 Å². The van der Waals surface area contributed by atoms with Crippen LogP contribution in [0.5, 0.6) is 11.5 Å². The number of nitrogens with one attached hydrogen (secondary N) is 1. The van der Waals surface area contributed by atoms with E-state index < -0.39 is 30.8 Å². The number of benzene rings is 2. The molecular weight excluding hydrogens is 431 g/mol. The van der Waals surface area contributed by atoms with Gasteiger partial charge in [0.05, 0.1) is 0 Å². The number of ether oxygens (including phenoxy) is 3. The average molecular weight is 452 g/mol. The van der Waals surface area contributed by atoms with Gasteiger partial charge in [-0.2, -0.15) is 0 Å². The molecule has 0 spiro atoms. The molecule has 0 atom stereocenters. The molecule has 0 unspecified atom stereocenters.